The molecule has 0 saturated heterocycles. The lowest BCUT2D eigenvalue weighted by molar-refractivity contribution is -0.137. The van der Waals surface area contributed by atoms with E-state index in [2.05, 4.69) is 9.97 Å². The van der Waals surface area contributed by atoms with Crippen LogP contribution in [0.1, 0.15) is 32.7 Å². The lowest BCUT2D eigenvalue weighted by atomic mass is 10.1. The summed E-state index contributed by atoms with van der Waals surface area (Å²) in [5.74, 6) is -0.437. The Bertz CT molecular complexity index is 1230. The minimum Gasteiger partial charge on any atom is -0.278 e. The molecule has 0 fully saturated rings. The third-order valence-corrected chi connectivity index (χ3v) is 6.10. The third-order valence-electron chi connectivity index (χ3n) is 5.05. The number of nitrogens with zero attached hydrogens (tertiary/aromatic N) is 3. The maximum atomic E-state index is 13.3. The molecule has 2 heterocycles. The van der Waals surface area contributed by atoms with Crippen LogP contribution in [-0.4, -0.2) is 15.9 Å². The van der Waals surface area contributed by atoms with Crippen molar-refractivity contribution < 1.29 is 18.0 Å². The van der Waals surface area contributed by atoms with Crippen molar-refractivity contribution in [2.75, 3.05) is 4.90 Å². The summed E-state index contributed by atoms with van der Waals surface area (Å²) in [6.45, 7) is 4.12. The smallest absolute Gasteiger partial charge is 0.278 e. The van der Waals surface area contributed by atoms with Gasteiger partial charge < -0.3 is 0 Å². The van der Waals surface area contributed by atoms with Crippen molar-refractivity contribution in [3.8, 4) is 0 Å². The highest BCUT2D eigenvalue weighted by molar-refractivity contribution is 7.22. The number of benzene rings is 2. The highest BCUT2D eigenvalue weighted by Crippen LogP contribution is 2.34. The van der Waals surface area contributed by atoms with E-state index in [1.54, 1.807) is 18.3 Å². The number of anilines is 1. The summed E-state index contributed by atoms with van der Waals surface area (Å²) >= 11 is 1.36. The second kappa shape index (κ2) is 8.11. The topological polar surface area (TPSA) is 46.1 Å². The molecule has 2 aromatic heterocycles. The Kier molecular flexibility index (Phi) is 5.49. The average Bonchev–Trinajstić information content (AvgIpc) is 3.19. The monoisotopic (exact) mass is 441 g/mol. The number of hydrogen-bond donors (Lipinski definition) is 0. The van der Waals surface area contributed by atoms with Crippen LogP contribution in [-0.2, 0) is 12.7 Å². The Morgan fingerprint density at radius 1 is 1.03 bits per heavy atom. The molecule has 2 aromatic carbocycles. The summed E-state index contributed by atoms with van der Waals surface area (Å²) in [5, 5.41) is 0.472. The zero-order valence-electron chi connectivity index (χ0n) is 16.8. The Morgan fingerprint density at radius 3 is 2.42 bits per heavy atom. The van der Waals surface area contributed by atoms with E-state index in [4.69, 9.17) is 0 Å². The number of aryl methyl sites for hydroxylation is 2. The predicted molar refractivity (Wildman–Crippen MR) is 115 cm³/mol. The fourth-order valence-corrected chi connectivity index (χ4v) is 4.19. The van der Waals surface area contributed by atoms with E-state index in [1.807, 2.05) is 32.0 Å². The highest BCUT2D eigenvalue weighted by Gasteiger charge is 2.31. The molecule has 0 aliphatic rings. The van der Waals surface area contributed by atoms with Gasteiger partial charge in [0.05, 0.1) is 28.0 Å². The first-order valence-corrected chi connectivity index (χ1v) is 10.3. The van der Waals surface area contributed by atoms with Gasteiger partial charge in [0.1, 0.15) is 0 Å². The van der Waals surface area contributed by atoms with Crippen molar-refractivity contribution in [3.05, 3.63) is 88.7 Å². The fraction of sp³-hybridized carbons (Fsp3) is 0.174. The van der Waals surface area contributed by atoms with Crippen LogP contribution < -0.4 is 4.90 Å². The van der Waals surface area contributed by atoms with Gasteiger partial charge in [-0.2, -0.15) is 13.2 Å². The minimum absolute atomic E-state index is 0.149. The molecule has 31 heavy (non-hydrogen) atoms. The SMILES string of the molecule is Cc1ccc2sc(N(Cc3ccccn3)C(=O)c3ccc(C(F)(F)F)cc3)nc2c1C. The van der Waals surface area contributed by atoms with E-state index in [1.165, 1.54) is 28.4 Å². The van der Waals surface area contributed by atoms with Crippen molar-refractivity contribution in [1.29, 1.82) is 0 Å². The molecule has 0 N–H and O–H groups in total. The quantitative estimate of drug-likeness (QED) is 0.380. The molecule has 4 aromatic rings. The van der Waals surface area contributed by atoms with E-state index < -0.39 is 17.6 Å². The molecule has 1 amide bonds. The van der Waals surface area contributed by atoms with Gasteiger partial charge in [-0.15, -0.1) is 0 Å². The van der Waals surface area contributed by atoms with E-state index >= 15 is 0 Å². The summed E-state index contributed by atoms with van der Waals surface area (Å²) in [4.78, 5) is 23.8. The van der Waals surface area contributed by atoms with Gasteiger partial charge in [-0.05, 0) is 67.4 Å². The number of halogens is 3. The van der Waals surface area contributed by atoms with Crippen LogP contribution in [0.3, 0.4) is 0 Å². The van der Waals surface area contributed by atoms with Crippen LogP contribution in [0.15, 0.2) is 60.8 Å². The molecule has 0 spiro atoms. The molecular formula is C23H18F3N3OS. The Balaban J connectivity index is 1.76. The van der Waals surface area contributed by atoms with Gasteiger partial charge in [0, 0.05) is 11.8 Å². The Labute approximate surface area is 181 Å². The minimum atomic E-state index is -4.46. The molecule has 0 aliphatic heterocycles. The van der Waals surface area contributed by atoms with Crippen molar-refractivity contribution in [2.45, 2.75) is 26.6 Å². The maximum Gasteiger partial charge on any atom is 0.416 e. The molecule has 8 heteroatoms. The summed E-state index contributed by atoms with van der Waals surface area (Å²) in [7, 11) is 0. The van der Waals surface area contributed by atoms with Crippen molar-refractivity contribution in [2.24, 2.45) is 0 Å². The third kappa shape index (κ3) is 4.29. The number of hydrogen-bond acceptors (Lipinski definition) is 4. The van der Waals surface area contributed by atoms with E-state index in [0.29, 0.717) is 10.8 Å². The first kappa shape index (κ1) is 21.0. The molecule has 158 valence electrons. The Morgan fingerprint density at radius 2 is 1.77 bits per heavy atom. The van der Waals surface area contributed by atoms with Crippen LogP contribution in [0.25, 0.3) is 10.2 Å². The molecule has 0 saturated carbocycles. The number of fused-ring (bicyclic) bond motifs is 1. The second-order valence-corrected chi connectivity index (χ2v) is 8.15. The zero-order valence-corrected chi connectivity index (χ0v) is 17.6. The molecular weight excluding hydrogens is 423 g/mol. The zero-order chi connectivity index (χ0) is 22.2. The number of rotatable bonds is 4. The highest BCUT2D eigenvalue weighted by atomic mass is 32.1. The fourth-order valence-electron chi connectivity index (χ4n) is 3.17. The average molecular weight is 441 g/mol. The number of carbonyl (C=O) groups is 1. The lowest BCUT2D eigenvalue weighted by Crippen LogP contribution is -2.30. The number of alkyl halides is 3. The normalized spacial score (nSPS) is 11.6. The van der Waals surface area contributed by atoms with E-state index in [9.17, 15) is 18.0 Å². The predicted octanol–water partition coefficient (Wildman–Crippen LogP) is 6.17. The maximum absolute atomic E-state index is 13.3. The summed E-state index contributed by atoms with van der Waals surface area (Å²) in [6, 6.07) is 13.6. The Hall–Kier alpha value is -3.26. The van der Waals surface area contributed by atoms with Crippen molar-refractivity contribution in [1.82, 2.24) is 9.97 Å². The molecule has 0 radical (unpaired) electrons. The first-order valence-electron chi connectivity index (χ1n) is 9.50. The molecule has 4 rings (SSSR count). The van der Waals surface area contributed by atoms with Crippen LogP contribution in [0.2, 0.25) is 0 Å². The first-order chi connectivity index (χ1) is 14.7. The second-order valence-electron chi connectivity index (χ2n) is 7.14. The molecule has 0 bridgehead atoms. The van der Waals surface area contributed by atoms with Gasteiger partial charge >= 0.3 is 6.18 Å². The van der Waals surface area contributed by atoms with Crippen LogP contribution in [0.5, 0.6) is 0 Å². The molecule has 0 atom stereocenters. The van der Waals surface area contributed by atoms with Crippen molar-refractivity contribution in [3.63, 3.8) is 0 Å². The number of carbonyl (C=O) groups excluding carboxylic acids is 1. The van der Waals surface area contributed by atoms with Crippen LogP contribution in [0, 0.1) is 13.8 Å². The molecule has 0 aliphatic carbocycles. The summed E-state index contributed by atoms with van der Waals surface area (Å²) in [6.07, 6.45) is -2.83. The largest absolute Gasteiger partial charge is 0.416 e. The number of amides is 1. The van der Waals surface area contributed by atoms with Crippen LogP contribution in [0.4, 0.5) is 18.3 Å². The summed E-state index contributed by atoms with van der Waals surface area (Å²) in [5.41, 5.74) is 2.93. The van der Waals surface area contributed by atoms with Crippen molar-refractivity contribution >= 4 is 32.6 Å². The van der Waals surface area contributed by atoms with Gasteiger partial charge in [-0.25, -0.2) is 4.98 Å². The standard InChI is InChI=1S/C23H18F3N3OS/c1-14-6-11-19-20(15(14)2)28-22(31-19)29(13-18-5-3-4-12-27-18)21(30)16-7-9-17(10-8-16)23(24,25)26/h3-12H,13H2,1-2H3. The molecule has 0 unspecified atom stereocenters. The molecule has 4 nitrogen and oxygen atoms in total. The number of pyridine rings is 1. The van der Waals surface area contributed by atoms with Gasteiger partial charge in [0.25, 0.3) is 5.91 Å². The lowest BCUT2D eigenvalue weighted by Gasteiger charge is -2.20. The van der Waals surface area contributed by atoms with Gasteiger partial charge in [0.15, 0.2) is 5.13 Å². The van der Waals surface area contributed by atoms with Gasteiger partial charge in [-0.1, -0.05) is 23.5 Å². The number of thiazole rings is 1. The van der Waals surface area contributed by atoms with Crippen LogP contribution >= 0.6 is 11.3 Å². The van der Waals surface area contributed by atoms with E-state index in [-0.39, 0.29) is 12.1 Å². The summed E-state index contributed by atoms with van der Waals surface area (Å²) < 4.78 is 39.7. The van der Waals surface area contributed by atoms with Gasteiger partial charge in [0.2, 0.25) is 0 Å². The van der Waals surface area contributed by atoms with Gasteiger partial charge in [-0.3, -0.25) is 14.7 Å². The van der Waals surface area contributed by atoms with E-state index in [0.717, 1.165) is 33.5 Å². The number of aromatic nitrogens is 2.